The van der Waals surface area contributed by atoms with Gasteiger partial charge in [-0.05, 0) is 43.5 Å². The summed E-state index contributed by atoms with van der Waals surface area (Å²) in [6, 6.07) is 9.99. The monoisotopic (exact) mass is 407 g/mol. The molecule has 0 bridgehead atoms. The van der Waals surface area contributed by atoms with Crippen LogP contribution in [0.25, 0.3) is 0 Å². The largest absolute Gasteiger partial charge is 0.508 e. The van der Waals surface area contributed by atoms with Crippen LogP contribution in [0.4, 0.5) is 23.5 Å². The third kappa shape index (κ3) is 4.49. The van der Waals surface area contributed by atoms with Crippen LogP contribution in [0.2, 0.25) is 0 Å². The minimum Gasteiger partial charge on any atom is -0.508 e. The van der Waals surface area contributed by atoms with Crippen molar-refractivity contribution in [2.45, 2.75) is 19.8 Å². The fraction of sp³-hybridized carbons (Fsp3) is 0.200. The predicted molar refractivity (Wildman–Crippen MR) is 110 cm³/mol. The molecule has 1 aromatic carbocycles. The quantitative estimate of drug-likeness (QED) is 0.364. The molecule has 4 N–H and O–H groups in total. The summed E-state index contributed by atoms with van der Waals surface area (Å²) in [5, 5.41) is 33.4. The number of rotatable bonds is 7. The molecular formula is C20H21N7O3. The van der Waals surface area contributed by atoms with Crippen LogP contribution in [0.5, 0.6) is 11.5 Å². The number of aromatic amines is 1. The summed E-state index contributed by atoms with van der Waals surface area (Å²) in [5.74, 6) is 2.29. The lowest BCUT2D eigenvalue weighted by atomic mass is 10.1. The molecule has 154 valence electrons. The van der Waals surface area contributed by atoms with Crippen molar-refractivity contribution in [2.75, 3.05) is 17.3 Å². The van der Waals surface area contributed by atoms with Gasteiger partial charge in [0, 0.05) is 37.1 Å². The first-order chi connectivity index (χ1) is 14.5. The molecule has 0 atom stereocenters. The molecule has 0 spiro atoms. The normalized spacial score (nSPS) is 10.9. The van der Waals surface area contributed by atoms with E-state index < -0.39 is 0 Å². The minimum absolute atomic E-state index is 0.0435. The Balaban J connectivity index is 1.41. The van der Waals surface area contributed by atoms with Gasteiger partial charge in [-0.2, -0.15) is 10.1 Å². The van der Waals surface area contributed by atoms with Crippen molar-refractivity contribution in [2.24, 2.45) is 0 Å². The van der Waals surface area contributed by atoms with E-state index in [4.69, 9.17) is 4.52 Å². The van der Waals surface area contributed by atoms with Gasteiger partial charge >= 0.3 is 0 Å². The maximum atomic E-state index is 9.58. The smallest absolute Gasteiger partial charge is 0.233 e. The molecule has 10 heteroatoms. The lowest BCUT2D eigenvalue weighted by Gasteiger charge is -2.13. The molecule has 0 fully saturated rings. The molecule has 0 aliphatic carbocycles. The van der Waals surface area contributed by atoms with Gasteiger partial charge in [0.25, 0.3) is 0 Å². The highest BCUT2D eigenvalue weighted by Gasteiger charge is 2.13. The van der Waals surface area contributed by atoms with E-state index >= 15 is 0 Å². The van der Waals surface area contributed by atoms with Crippen LogP contribution in [0.3, 0.4) is 0 Å². The highest BCUT2D eigenvalue weighted by atomic mass is 16.5. The van der Waals surface area contributed by atoms with E-state index in [1.807, 2.05) is 13.0 Å². The lowest BCUT2D eigenvalue weighted by Crippen LogP contribution is -2.12. The number of phenolic OH excluding ortho intramolecular Hbond substituents is 2. The molecule has 4 rings (SSSR count). The highest BCUT2D eigenvalue weighted by molar-refractivity contribution is 5.56. The van der Waals surface area contributed by atoms with Crippen LogP contribution in [-0.4, -0.2) is 42.6 Å². The van der Waals surface area contributed by atoms with Crippen molar-refractivity contribution in [3.8, 4) is 11.5 Å². The molecule has 0 aliphatic rings. The van der Waals surface area contributed by atoms with Gasteiger partial charge in [-0.15, -0.1) is 0 Å². The second kappa shape index (κ2) is 8.11. The molecule has 0 aliphatic heterocycles. The molecule has 3 heterocycles. The molecule has 30 heavy (non-hydrogen) atoms. The summed E-state index contributed by atoms with van der Waals surface area (Å²) in [5.41, 5.74) is 2.52. The Morgan fingerprint density at radius 2 is 1.87 bits per heavy atom. The Kier molecular flexibility index (Phi) is 5.21. The van der Waals surface area contributed by atoms with E-state index in [0.717, 1.165) is 17.0 Å². The zero-order valence-electron chi connectivity index (χ0n) is 16.5. The van der Waals surface area contributed by atoms with Crippen molar-refractivity contribution in [1.82, 2.24) is 25.3 Å². The van der Waals surface area contributed by atoms with Crippen molar-refractivity contribution in [3.05, 3.63) is 59.5 Å². The maximum Gasteiger partial charge on any atom is 0.233 e. The van der Waals surface area contributed by atoms with Gasteiger partial charge in [-0.25, -0.2) is 4.98 Å². The number of benzene rings is 1. The summed E-state index contributed by atoms with van der Waals surface area (Å²) < 4.78 is 5.25. The first kappa shape index (κ1) is 19.2. The second-order valence-corrected chi connectivity index (χ2v) is 6.87. The molecule has 10 nitrogen and oxygen atoms in total. The van der Waals surface area contributed by atoms with E-state index in [2.05, 4.69) is 30.6 Å². The number of aryl methyl sites for hydroxylation is 3. The Labute approximate surface area is 172 Å². The second-order valence-electron chi connectivity index (χ2n) is 6.87. The van der Waals surface area contributed by atoms with Crippen LogP contribution in [0.15, 0.2) is 47.1 Å². The number of H-pyrrole nitrogens is 1. The third-order valence-corrected chi connectivity index (χ3v) is 4.42. The van der Waals surface area contributed by atoms with Gasteiger partial charge < -0.3 is 20.1 Å². The number of hydrogen-bond donors (Lipinski definition) is 4. The first-order valence-electron chi connectivity index (χ1n) is 9.29. The fourth-order valence-electron chi connectivity index (χ4n) is 2.95. The van der Waals surface area contributed by atoms with Crippen LogP contribution in [0.1, 0.15) is 17.0 Å². The number of hydrogen-bond acceptors (Lipinski definition) is 9. The number of aromatic hydroxyl groups is 2. The van der Waals surface area contributed by atoms with Crippen molar-refractivity contribution in [1.29, 1.82) is 0 Å². The van der Waals surface area contributed by atoms with Gasteiger partial charge in [-0.1, -0.05) is 5.16 Å². The average Bonchev–Trinajstić information content (AvgIpc) is 3.34. The van der Waals surface area contributed by atoms with Gasteiger partial charge in [-0.3, -0.25) is 10.00 Å². The van der Waals surface area contributed by atoms with Gasteiger partial charge in [0.2, 0.25) is 11.8 Å². The first-order valence-corrected chi connectivity index (χ1v) is 9.29. The van der Waals surface area contributed by atoms with Crippen LogP contribution >= 0.6 is 0 Å². The molecule has 4 aromatic rings. The standard InChI is InChI=1S/C20H21N7O3/c1-12-7-19(30-26-12)27(2)20-21-6-5-17(23-20)22-18-10-14(24-25-18)4-3-13-8-15(28)11-16(29)9-13/h5-11,28-29H,3-4H2,1-2H3,(H2,21,22,23,24,25). The van der Waals surface area contributed by atoms with Gasteiger partial charge in [0.05, 0.1) is 5.69 Å². The number of nitrogens with zero attached hydrogens (tertiary/aromatic N) is 5. The van der Waals surface area contributed by atoms with E-state index in [0.29, 0.717) is 36.3 Å². The number of anilines is 4. The summed E-state index contributed by atoms with van der Waals surface area (Å²) in [7, 11) is 1.80. The number of nitrogens with one attached hydrogen (secondary N) is 2. The molecule has 0 unspecified atom stereocenters. The topological polar surface area (TPSA) is 136 Å². The van der Waals surface area contributed by atoms with Crippen LogP contribution < -0.4 is 10.2 Å². The Hall–Kier alpha value is -4.08. The van der Waals surface area contributed by atoms with Gasteiger partial charge in [0.15, 0.2) is 5.82 Å². The van der Waals surface area contributed by atoms with Gasteiger partial charge in [0.1, 0.15) is 17.3 Å². The van der Waals surface area contributed by atoms with E-state index in [1.165, 1.54) is 6.07 Å². The zero-order chi connectivity index (χ0) is 21.1. The summed E-state index contributed by atoms with van der Waals surface area (Å²) in [6.45, 7) is 1.85. The number of phenols is 2. The minimum atomic E-state index is 0.0435. The highest BCUT2D eigenvalue weighted by Crippen LogP contribution is 2.23. The van der Waals surface area contributed by atoms with Crippen molar-refractivity contribution in [3.63, 3.8) is 0 Å². The summed E-state index contributed by atoms with van der Waals surface area (Å²) >= 11 is 0. The number of aromatic nitrogens is 5. The van der Waals surface area contributed by atoms with E-state index in [1.54, 1.807) is 42.4 Å². The van der Waals surface area contributed by atoms with Crippen LogP contribution in [0, 0.1) is 6.92 Å². The van der Waals surface area contributed by atoms with E-state index in [9.17, 15) is 10.2 Å². The van der Waals surface area contributed by atoms with Crippen molar-refractivity contribution < 1.29 is 14.7 Å². The Bertz CT molecular complexity index is 1130. The molecular weight excluding hydrogens is 386 g/mol. The molecule has 0 radical (unpaired) electrons. The zero-order valence-corrected chi connectivity index (χ0v) is 16.5. The molecule has 0 saturated carbocycles. The Morgan fingerprint density at radius 3 is 2.60 bits per heavy atom. The van der Waals surface area contributed by atoms with E-state index in [-0.39, 0.29) is 11.5 Å². The molecule has 3 aromatic heterocycles. The average molecular weight is 407 g/mol. The summed E-state index contributed by atoms with van der Waals surface area (Å²) in [6.07, 6.45) is 2.95. The van der Waals surface area contributed by atoms with Crippen LogP contribution in [-0.2, 0) is 12.8 Å². The predicted octanol–water partition coefficient (Wildman–Crippen LogP) is 3.20. The third-order valence-electron chi connectivity index (χ3n) is 4.42. The SMILES string of the molecule is Cc1cc(N(C)c2nccc(Nc3cc(CCc4cc(O)cc(O)c4)[nH]n3)n2)on1. The molecule has 0 saturated heterocycles. The van der Waals surface area contributed by atoms with Crippen molar-refractivity contribution >= 4 is 23.5 Å². The molecule has 0 amide bonds. The lowest BCUT2D eigenvalue weighted by molar-refractivity contribution is 0.420. The fourth-order valence-corrected chi connectivity index (χ4v) is 2.95. The maximum absolute atomic E-state index is 9.58. The summed E-state index contributed by atoms with van der Waals surface area (Å²) in [4.78, 5) is 10.4. The Morgan fingerprint density at radius 1 is 1.07 bits per heavy atom.